The number of hydrogen-bond donors (Lipinski definition) is 1. The second-order valence-corrected chi connectivity index (χ2v) is 6.33. The van der Waals surface area contributed by atoms with Gasteiger partial charge in [0.25, 0.3) is 0 Å². The van der Waals surface area contributed by atoms with Gasteiger partial charge in [-0.15, -0.1) is 0 Å². The quantitative estimate of drug-likeness (QED) is 0.787. The zero-order chi connectivity index (χ0) is 15.1. The molecule has 8 heteroatoms. The van der Waals surface area contributed by atoms with Gasteiger partial charge in [0.1, 0.15) is 5.60 Å². The third-order valence-corrected chi connectivity index (χ3v) is 3.61. The van der Waals surface area contributed by atoms with Crippen molar-refractivity contribution < 1.29 is 19.4 Å². The molecule has 1 aliphatic rings. The monoisotopic (exact) mass is 345 g/mol. The Bertz CT molecular complexity index is 562. The van der Waals surface area contributed by atoms with Gasteiger partial charge in [-0.25, -0.2) is 9.59 Å². The van der Waals surface area contributed by atoms with E-state index >= 15 is 0 Å². The molecule has 0 radical (unpaired) electrons. The SMILES string of the molecule is CC(C)(C)OC(=O)c1nn2c(c1Br)CN(C(=O)O)CC2. The zero-order valence-electron chi connectivity index (χ0n) is 11.5. The number of carbonyl (C=O) groups is 2. The van der Waals surface area contributed by atoms with E-state index in [4.69, 9.17) is 9.84 Å². The second kappa shape index (κ2) is 5.08. The molecule has 0 saturated carbocycles. The summed E-state index contributed by atoms with van der Waals surface area (Å²) in [6.45, 7) is 6.31. The Morgan fingerprint density at radius 1 is 1.35 bits per heavy atom. The van der Waals surface area contributed by atoms with E-state index in [9.17, 15) is 9.59 Å². The lowest BCUT2D eigenvalue weighted by atomic mass is 10.2. The van der Waals surface area contributed by atoms with Gasteiger partial charge >= 0.3 is 12.1 Å². The first-order valence-corrected chi connectivity index (χ1v) is 6.95. The van der Waals surface area contributed by atoms with Gasteiger partial charge in [-0.05, 0) is 36.7 Å². The van der Waals surface area contributed by atoms with E-state index in [-0.39, 0.29) is 12.2 Å². The smallest absolute Gasteiger partial charge is 0.407 e. The van der Waals surface area contributed by atoms with Crippen molar-refractivity contribution in [2.45, 2.75) is 39.5 Å². The number of halogens is 1. The minimum absolute atomic E-state index is 0.183. The molecule has 1 aliphatic heterocycles. The number of carbonyl (C=O) groups excluding carboxylic acids is 1. The van der Waals surface area contributed by atoms with Gasteiger partial charge in [0.2, 0.25) is 0 Å². The molecule has 0 saturated heterocycles. The first-order chi connectivity index (χ1) is 9.19. The number of hydrogen-bond acceptors (Lipinski definition) is 4. The van der Waals surface area contributed by atoms with Gasteiger partial charge in [0.15, 0.2) is 5.69 Å². The molecule has 1 amide bonds. The van der Waals surface area contributed by atoms with Crippen LogP contribution in [0.15, 0.2) is 4.47 Å². The maximum Gasteiger partial charge on any atom is 0.407 e. The van der Waals surface area contributed by atoms with Gasteiger partial charge in [-0.2, -0.15) is 5.10 Å². The van der Waals surface area contributed by atoms with Crippen LogP contribution < -0.4 is 0 Å². The molecule has 1 aromatic heterocycles. The van der Waals surface area contributed by atoms with Crippen molar-refractivity contribution in [3.63, 3.8) is 0 Å². The summed E-state index contributed by atoms with van der Waals surface area (Å²) in [5.41, 5.74) is 0.245. The fraction of sp³-hybridized carbons (Fsp3) is 0.583. The Morgan fingerprint density at radius 3 is 2.55 bits per heavy atom. The van der Waals surface area contributed by atoms with Gasteiger partial charge in [0, 0.05) is 6.54 Å². The highest BCUT2D eigenvalue weighted by molar-refractivity contribution is 9.10. The molecule has 2 rings (SSSR count). The molecule has 0 bridgehead atoms. The Morgan fingerprint density at radius 2 is 2.00 bits per heavy atom. The fourth-order valence-corrected chi connectivity index (χ4v) is 2.48. The van der Waals surface area contributed by atoms with Crippen LogP contribution in [0.4, 0.5) is 4.79 Å². The van der Waals surface area contributed by atoms with Crippen LogP contribution >= 0.6 is 15.9 Å². The highest BCUT2D eigenvalue weighted by atomic mass is 79.9. The van der Waals surface area contributed by atoms with Gasteiger partial charge < -0.3 is 14.7 Å². The van der Waals surface area contributed by atoms with Crippen molar-refractivity contribution in [2.24, 2.45) is 0 Å². The van der Waals surface area contributed by atoms with Crippen LogP contribution in [-0.2, 0) is 17.8 Å². The average Bonchev–Trinajstić information content (AvgIpc) is 2.64. The van der Waals surface area contributed by atoms with Crippen molar-refractivity contribution >= 4 is 28.0 Å². The summed E-state index contributed by atoms with van der Waals surface area (Å²) < 4.78 is 7.42. The minimum atomic E-state index is -0.983. The Labute approximate surface area is 124 Å². The van der Waals surface area contributed by atoms with Gasteiger partial charge in [-0.1, -0.05) is 0 Å². The van der Waals surface area contributed by atoms with Crippen LogP contribution in [0.2, 0.25) is 0 Å². The van der Waals surface area contributed by atoms with E-state index in [1.54, 1.807) is 25.5 Å². The molecule has 2 heterocycles. The standard InChI is InChI=1S/C12H16BrN3O4/c1-12(2,3)20-10(17)9-8(13)7-6-15(11(18)19)4-5-16(7)14-9/h4-6H2,1-3H3,(H,18,19). The number of carboxylic acid groups (broad SMARTS) is 1. The van der Waals surface area contributed by atoms with Crippen molar-refractivity contribution in [2.75, 3.05) is 6.54 Å². The van der Waals surface area contributed by atoms with Crippen LogP contribution in [-0.4, -0.2) is 44.0 Å². The highest BCUT2D eigenvalue weighted by Crippen LogP contribution is 2.27. The third kappa shape index (κ3) is 2.95. The molecular weight excluding hydrogens is 330 g/mol. The first kappa shape index (κ1) is 14.8. The van der Waals surface area contributed by atoms with Crippen molar-refractivity contribution in [3.05, 3.63) is 15.9 Å². The molecule has 110 valence electrons. The molecule has 0 aliphatic carbocycles. The van der Waals surface area contributed by atoms with E-state index in [0.717, 1.165) is 0 Å². The molecule has 1 N–H and O–H groups in total. The number of ether oxygens (including phenoxy) is 1. The molecule has 0 atom stereocenters. The largest absolute Gasteiger partial charge is 0.465 e. The lowest BCUT2D eigenvalue weighted by Crippen LogP contribution is -2.37. The first-order valence-electron chi connectivity index (χ1n) is 6.15. The Balaban J connectivity index is 2.27. The molecule has 1 aromatic rings. The second-order valence-electron chi connectivity index (χ2n) is 5.54. The predicted octanol–water partition coefficient (Wildman–Crippen LogP) is 2.09. The molecule has 0 spiro atoms. The van der Waals surface area contributed by atoms with E-state index < -0.39 is 17.7 Å². The number of fused-ring (bicyclic) bond motifs is 1. The van der Waals surface area contributed by atoms with Crippen molar-refractivity contribution in [3.8, 4) is 0 Å². The fourth-order valence-electron chi connectivity index (χ4n) is 1.91. The normalized spacial score (nSPS) is 14.9. The number of amides is 1. The highest BCUT2D eigenvalue weighted by Gasteiger charge is 2.30. The summed E-state index contributed by atoms with van der Waals surface area (Å²) in [5.74, 6) is -0.520. The van der Waals surface area contributed by atoms with E-state index in [1.807, 2.05) is 0 Å². The molecule has 20 heavy (non-hydrogen) atoms. The molecule has 0 unspecified atom stereocenters. The third-order valence-electron chi connectivity index (χ3n) is 2.78. The number of aromatic nitrogens is 2. The Kier molecular flexibility index (Phi) is 3.77. The average molecular weight is 346 g/mol. The topological polar surface area (TPSA) is 84.7 Å². The van der Waals surface area contributed by atoms with Crippen LogP contribution in [0.3, 0.4) is 0 Å². The lowest BCUT2D eigenvalue weighted by Gasteiger charge is -2.25. The van der Waals surface area contributed by atoms with Gasteiger partial charge in [0.05, 0.1) is 23.3 Å². The predicted molar refractivity (Wildman–Crippen MR) is 73.5 cm³/mol. The molecule has 7 nitrogen and oxygen atoms in total. The maximum atomic E-state index is 12.1. The van der Waals surface area contributed by atoms with Crippen LogP contribution in [0.5, 0.6) is 0 Å². The van der Waals surface area contributed by atoms with Crippen LogP contribution in [0, 0.1) is 0 Å². The summed E-state index contributed by atoms with van der Waals surface area (Å²) in [4.78, 5) is 24.3. The van der Waals surface area contributed by atoms with E-state index in [0.29, 0.717) is 23.3 Å². The number of nitrogens with zero attached hydrogens (tertiary/aromatic N) is 3. The van der Waals surface area contributed by atoms with E-state index in [1.165, 1.54) is 4.90 Å². The number of esters is 1. The summed E-state index contributed by atoms with van der Waals surface area (Å²) in [6.07, 6.45) is -0.983. The number of rotatable bonds is 1. The van der Waals surface area contributed by atoms with Crippen molar-refractivity contribution in [1.29, 1.82) is 0 Å². The summed E-state index contributed by atoms with van der Waals surface area (Å²) in [6, 6.07) is 0. The van der Waals surface area contributed by atoms with E-state index in [2.05, 4.69) is 21.0 Å². The maximum absolute atomic E-state index is 12.1. The van der Waals surface area contributed by atoms with Crippen LogP contribution in [0.1, 0.15) is 37.0 Å². The summed E-state index contributed by atoms with van der Waals surface area (Å²) in [7, 11) is 0. The van der Waals surface area contributed by atoms with Gasteiger partial charge in [-0.3, -0.25) is 4.68 Å². The molecular formula is C12H16BrN3O4. The van der Waals surface area contributed by atoms with Crippen molar-refractivity contribution in [1.82, 2.24) is 14.7 Å². The van der Waals surface area contributed by atoms with Crippen LogP contribution in [0.25, 0.3) is 0 Å². The molecule has 0 aromatic carbocycles. The Hall–Kier alpha value is -1.57. The lowest BCUT2D eigenvalue weighted by molar-refractivity contribution is 0.00606. The summed E-state index contributed by atoms with van der Waals surface area (Å²) in [5, 5.41) is 13.2. The minimum Gasteiger partial charge on any atom is -0.465 e. The molecule has 0 fully saturated rings. The zero-order valence-corrected chi connectivity index (χ0v) is 13.1. The summed E-state index contributed by atoms with van der Waals surface area (Å²) >= 11 is 3.32.